The largest absolute Gasteiger partial charge is 0.456 e. The number of rotatable bonds is 2. The van der Waals surface area contributed by atoms with E-state index in [1.54, 1.807) is 0 Å². The first kappa shape index (κ1) is 28.2. The Hall–Kier alpha value is -7.37. The molecule has 0 aliphatic carbocycles. The SMILES string of the molecule is O=c1c2ccccc2c2cccc3c4cc(-c5cccc6oc7ccc(-n8c9ccccc9c9cc%10oc%11ccccc%11c%10cc98)cc7c56)ccc4n1c23. The molecule has 0 bridgehead atoms. The average Bonchev–Trinajstić information content (AvgIpc) is 3.96. The molecule has 0 atom stereocenters. The Morgan fingerprint density at radius 2 is 1.07 bits per heavy atom. The van der Waals surface area contributed by atoms with E-state index in [1.165, 1.54) is 5.39 Å². The minimum absolute atomic E-state index is 0.0132. The van der Waals surface area contributed by atoms with Crippen LogP contribution in [0.1, 0.15) is 0 Å². The molecule has 250 valence electrons. The summed E-state index contributed by atoms with van der Waals surface area (Å²) < 4.78 is 17.1. The fourth-order valence-corrected chi connectivity index (χ4v) is 9.35. The molecule has 0 saturated carbocycles. The second-order valence-electron chi connectivity index (χ2n) is 14.4. The molecule has 5 heterocycles. The summed E-state index contributed by atoms with van der Waals surface area (Å²) in [5, 5.41) is 11.6. The van der Waals surface area contributed by atoms with Crippen molar-refractivity contribution >= 4 is 104 Å². The normalized spacial score (nSPS) is 12.5. The molecule has 0 aliphatic rings. The lowest BCUT2D eigenvalue weighted by Crippen LogP contribution is -2.12. The van der Waals surface area contributed by atoms with Crippen molar-refractivity contribution in [3.63, 3.8) is 0 Å². The molecule has 0 fully saturated rings. The molecule has 0 radical (unpaired) electrons. The van der Waals surface area contributed by atoms with Gasteiger partial charge in [-0.05, 0) is 83.2 Å². The van der Waals surface area contributed by atoms with Gasteiger partial charge in [-0.3, -0.25) is 9.20 Å². The van der Waals surface area contributed by atoms with Crippen molar-refractivity contribution in [2.75, 3.05) is 0 Å². The summed E-state index contributed by atoms with van der Waals surface area (Å²) in [6.45, 7) is 0. The highest BCUT2D eigenvalue weighted by molar-refractivity contribution is 6.22. The number of nitrogens with zero attached hydrogens (tertiary/aromatic N) is 2. The third-order valence-corrected chi connectivity index (χ3v) is 11.7. The highest BCUT2D eigenvalue weighted by Crippen LogP contribution is 2.43. The van der Waals surface area contributed by atoms with Crippen LogP contribution in [0, 0.1) is 0 Å². The van der Waals surface area contributed by atoms with Crippen LogP contribution < -0.4 is 5.56 Å². The van der Waals surface area contributed by atoms with Gasteiger partial charge >= 0.3 is 0 Å². The Morgan fingerprint density at radius 1 is 0.389 bits per heavy atom. The highest BCUT2D eigenvalue weighted by atomic mass is 16.3. The summed E-state index contributed by atoms with van der Waals surface area (Å²) in [6, 6.07) is 54.9. The summed E-state index contributed by atoms with van der Waals surface area (Å²) in [7, 11) is 0. The molecule has 0 spiro atoms. The van der Waals surface area contributed by atoms with Crippen LogP contribution in [0.3, 0.4) is 0 Å². The van der Waals surface area contributed by atoms with Gasteiger partial charge in [0.05, 0.1) is 22.1 Å². The number of hydrogen-bond acceptors (Lipinski definition) is 3. The van der Waals surface area contributed by atoms with E-state index in [0.717, 1.165) is 115 Å². The van der Waals surface area contributed by atoms with Gasteiger partial charge in [0.25, 0.3) is 5.56 Å². The number of fused-ring (bicyclic) bond motifs is 14. The Bertz CT molecular complexity index is 3820. The van der Waals surface area contributed by atoms with Crippen molar-refractivity contribution in [2.24, 2.45) is 0 Å². The van der Waals surface area contributed by atoms with Crippen LogP contribution in [0.2, 0.25) is 0 Å². The molecule has 0 N–H and O–H groups in total. The maximum Gasteiger partial charge on any atom is 0.263 e. The predicted octanol–water partition coefficient (Wildman–Crippen LogP) is 12.8. The van der Waals surface area contributed by atoms with E-state index in [9.17, 15) is 4.79 Å². The van der Waals surface area contributed by atoms with Crippen molar-refractivity contribution in [1.29, 1.82) is 0 Å². The minimum Gasteiger partial charge on any atom is -0.456 e. The molecule has 8 aromatic carbocycles. The lowest BCUT2D eigenvalue weighted by atomic mass is 9.97. The quantitative estimate of drug-likeness (QED) is 0.170. The Morgan fingerprint density at radius 3 is 1.98 bits per heavy atom. The van der Waals surface area contributed by atoms with Gasteiger partial charge in [-0.2, -0.15) is 0 Å². The lowest BCUT2D eigenvalue weighted by Gasteiger charge is -2.09. The van der Waals surface area contributed by atoms with Crippen molar-refractivity contribution in [3.8, 4) is 16.8 Å². The molecule has 0 unspecified atom stereocenters. The fourth-order valence-electron chi connectivity index (χ4n) is 9.35. The van der Waals surface area contributed by atoms with Crippen LogP contribution in [0.15, 0.2) is 171 Å². The van der Waals surface area contributed by atoms with Crippen LogP contribution in [-0.4, -0.2) is 8.97 Å². The zero-order chi connectivity index (χ0) is 35.2. The van der Waals surface area contributed by atoms with E-state index in [4.69, 9.17) is 8.83 Å². The van der Waals surface area contributed by atoms with E-state index < -0.39 is 0 Å². The van der Waals surface area contributed by atoms with E-state index in [2.05, 4.69) is 126 Å². The smallest absolute Gasteiger partial charge is 0.263 e. The average molecular weight is 691 g/mol. The van der Waals surface area contributed by atoms with Crippen LogP contribution in [-0.2, 0) is 0 Å². The first-order valence-corrected chi connectivity index (χ1v) is 18.2. The Labute approximate surface area is 305 Å². The fraction of sp³-hybridized carbons (Fsp3) is 0. The number of aromatic nitrogens is 2. The van der Waals surface area contributed by atoms with Gasteiger partial charge in [0.15, 0.2) is 0 Å². The zero-order valence-electron chi connectivity index (χ0n) is 28.6. The maximum atomic E-state index is 14.0. The van der Waals surface area contributed by atoms with E-state index in [1.807, 2.05) is 40.8 Å². The van der Waals surface area contributed by atoms with Crippen molar-refractivity contribution in [1.82, 2.24) is 8.97 Å². The molecular weight excluding hydrogens is 665 g/mol. The van der Waals surface area contributed by atoms with Gasteiger partial charge in [0, 0.05) is 59.5 Å². The van der Waals surface area contributed by atoms with Gasteiger partial charge in [0.2, 0.25) is 0 Å². The molecule has 0 aliphatic heterocycles. The first-order valence-electron chi connectivity index (χ1n) is 18.2. The maximum absolute atomic E-state index is 14.0. The molecule has 5 nitrogen and oxygen atoms in total. The van der Waals surface area contributed by atoms with Crippen molar-refractivity contribution < 1.29 is 8.83 Å². The molecular formula is C49H26N2O3. The van der Waals surface area contributed by atoms with Crippen LogP contribution in [0.4, 0.5) is 0 Å². The van der Waals surface area contributed by atoms with Crippen molar-refractivity contribution in [3.05, 3.63) is 168 Å². The van der Waals surface area contributed by atoms with E-state index in [-0.39, 0.29) is 5.56 Å². The number of pyridine rings is 1. The van der Waals surface area contributed by atoms with Crippen LogP contribution >= 0.6 is 0 Å². The Balaban J connectivity index is 1.07. The number of para-hydroxylation sites is 3. The Kier molecular flexibility index (Phi) is 5.20. The van der Waals surface area contributed by atoms with Crippen LogP contribution in [0.5, 0.6) is 0 Å². The van der Waals surface area contributed by atoms with Gasteiger partial charge < -0.3 is 13.4 Å². The highest BCUT2D eigenvalue weighted by Gasteiger charge is 2.21. The molecule has 13 rings (SSSR count). The molecule has 54 heavy (non-hydrogen) atoms. The second kappa shape index (κ2) is 9.94. The molecule has 0 saturated heterocycles. The first-order chi connectivity index (χ1) is 26.7. The van der Waals surface area contributed by atoms with E-state index in [0.29, 0.717) is 0 Å². The summed E-state index contributed by atoms with van der Waals surface area (Å²) in [5.41, 5.74) is 10.8. The summed E-state index contributed by atoms with van der Waals surface area (Å²) >= 11 is 0. The molecule has 5 heteroatoms. The van der Waals surface area contributed by atoms with Gasteiger partial charge in [-0.15, -0.1) is 0 Å². The van der Waals surface area contributed by atoms with Gasteiger partial charge in [-0.25, -0.2) is 0 Å². The lowest BCUT2D eigenvalue weighted by molar-refractivity contribution is 0.669. The number of furan rings is 2. The molecule has 13 aromatic rings. The zero-order valence-corrected chi connectivity index (χ0v) is 28.6. The van der Waals surface area contributed by atoms with Gasteiger partial charge in [0.1, 0.15) is 22.3 Å². The molecule has 5 aromatic heterocycles. The predicted molar refractivity (Wildman–Crippen MR) is 222 cm³/mol. The minimum atomic E-state index is 0.0132. The second-order valence-corrected chi connectivity index (χ2v) is 14.4. The summed E-state index contributed by atoms with van der Waals surface area (Å²) in [6.07, 6.45) is 0. The van der Waals surface area contributed by atoms with Crippen LogP contribution in [0.25, 0.3) is 120 Å². The monoisotopic (exact) mass is 690 g/mol. The third kappa shape index (κ3) is 3.51. The van der Waals surface area contributed by atoms with E-state index >= 15 is 0 Å². The number of benzene rings is 8. The van der Waals surface area contributed by atoms with Gasteiger partial charge in [-0.1, -0.05) is 91.0 Å². The third-order valence-electron chi connectivity index (χ3n) is 11.7. The van der Waals surface area contributed by atoms with Crippen molar-refractivity contribution in [2.45, 2.75) is 0 Å². The summed E-state index contributed by atoms with van der Waals surface area (Å²) in [5.74, 6) is 0. The summed E-state index contributed by atoms with van der Waals surface area (Å²) in [4.78, 5) is 14.0. The topological polar surface area (TPSA) is 52.7 Å². The standard InChI is InChI=1S/C49H26N2O3/c52-49-35-12-2-1-9-30(35)33-14-7-15-34-36-23-27(19-21-41(36)51(49)48(33)34)29-13-8-18-45-47(29)39-24-28(20-22-44(39)53-45)50-40-16-5-3-10-31(40)37-26-46-38(25-42(37)50)32-11-4-6-17-43(32)54-46/h1-26H. The number of hydrogen-bond donors (Lipinski definition) is 0. The molecule has 0 amide bonds.